The SMILES string of the molecule is CC(=NNC(=O)c1cccc(Cl)c1)c1c(C)[nH]c(/C(C)=N/NC(=O)c2cccc(Cl)c2)c1C. The number of benzene rings is 2. The fourth-order valence-corrected chi connectivity index (χ4v) is 3.80. The van der Waals surface area contributed by atoms with Crippen molar-refractivity contribution in [1.82, 2.24) is 15.8 Å². The lowest BCUT2D eigenvalue weighted by molar-refractivity contribution is 0.0947. The molecule has 33 heavy (non-hydrogen) atoms. The number of hydrazone groups is 2. The van der Waals surface area contributed by atoms with E-state index in [1.54, 1.807) is 62.4 Å². The lowest BCUT2D eigenvalue weighted by atomic mass is 10.0. The maximum Gasteiger partial charge on any atom is 0.271 e. The fraction of sp³-hybridized carbons (Fsp3) is 0.167. The minimum atomic E-state index is -0.362. The number of carbonyl (C=O) groups excluding carboxylic acids is 2. The maximum atomic E-state index is 12.4. The number of H-pyrrole nitrogens is 1. The van der Waals surface area contributed by atoms with E-state index in [2.05, 4.69) is 26.0 Å². The molecule has 0 atom stereocenters. The maximum absolute atomic E-state index is 12.4. The van der Waals surface area contributed by atoms with Crippen molar-refractivity contribution in [1.29, 1.82) is 0 Å². The Balaban J connectivity index is 1.76. The molecule has 2 aromatic carbocycles. The Labute approximate surface area is 201 Å². The highest BCUT2D eigenvalue weighted by atomic mass is 35.5. The zero-order valence-electron chi connectivity index (χ0n) is 18.6. The summed E-state index contributed by atoms with van der Waals surface area (Å²) in [5.74, 6) is -0.719. The molecule has 1 aromatic heterocycles. The first-order valence-electron chi connectivity index (χ1n) is 10.1. The molecule has 9 heteroatoms. The van der Waals surface area contributed by atoms with Gasteiger partial charge in [0.05, 0.1) is 17.1 Å². The van der Waals surface area contributed by atoms with E-state index >= 15 is 0 Å². The number of nitrogens with zero attached hydrogens (tertiary/aromatic N) is 2. The zero-order valence-corrected chi connectivity index (χ0v) is 20.1. The van der Waals surface area contributed by atoms with Crippen molar-refractivity contribution >= 4 is 46.4 Å². The Hall–Kier alpha value is -3.42. The first-order valence-corrected chi connectivity index (χ1v) is 10.8. The second-order valence-electron chi connectivity index (χ2n) is 7.42. The normalized spacial score (nSPS) is 11.9. The molecular formula is C24H23Cl2N5O2. The van der Waals surface area contributed by atoms with Crippen molar-refractivity contribution in [2.45, 2.75) is 27.7 Å². The first kappa shape index (κ1) is 24.2. The Kier molecular flexibility index (Phi) is 7.68. The number of hydrogen-bond acceptors (Lipinski definition) is 4. The van der Waals surface area contributed by atoms with Crippen LogP contribution in [0.1, 0.15) is 57.1 Å². The van der Waals surface area contributed by atoms with Crippen LogP contribution in [0.4, 0.5) is 0 Å². The van der Waals surface area contributed by atoms with Crippen LogP contribution in [0.3, 0.4) is 0 Å². The Morgan fingerprint density at radius 2 is 1.30 bits per heavy atom. The molecule has 0 radical (unpaired) electrons. The third-order valence-electron chi connectivity index (χ3n) is 4.99. The number of nitrogens with one attached hydrogen (secondary N) is 3. The molecule has 0 saturated heterocycles. The van der Waals surface area contributed by atoms with Gasteiger partial charge in [0.1, 0.15) is 0 Å². The molecule has 3 N–H and O–H groups in total. The van der Waals surface area contributed by atoms with Crippen LogP contribution >= 0.6 is 23.2 Å². The smallest absolute Gasteiger partial charge is 0.271 e. The number of aromatic amines is 1. The Morgan fingerprint density at radius 3 is 1.79 bits per heavy atom. The zero-order chi connectivity index (χ0) is 24.1. The summed E-state index contributed by atoms with van der Waals surface area (Å²) in [4.78, 5) is 28.0. The molecule has 3 aromatic rings. The summed E-state index contributed by atoms with van der Waals surface area (Å²) in [6, 6.07) is 13.3. The van der Waals surface area contributed by atoms with Gasteiger partial charge in [-0.2, -0.15) is 10.2 Å². The minimum absolute atomic E-state index is 0.357. The van der Waals surface area contributed by atoms with Gasteiger partial charge in [0.2, 0.25) is 0 Å². The van der Waals surface area contributed by atoms with Gasteiger partial charge in [-0.3, -0.25) is 9.59 Å². The van der Waals surface area contributed by atoms with Gasteiger partial charge in [-0.05, 0) is 69.7 Å². The van der Waals surface area contributed by atoms with Crippen molar-refractivity contribution in [2.75, 3.05) is 0 Å². The molecule has 0 unspecified atom stereocenters. The van der Waals surface area contributed by atoms with Gasteiger partial charge in [-0.1, -0.05) is 35.3 Å². The van der Waals surface area contributed by atoms with Crippen LogP contribution < -0.4 is 10.9 Å². The van der Waals surface area contributed by atoms with E-state index in [0.717, 1.165) is 22.5 Å². The van der Waals surface area contributed by atoms with E-state index in [1.165, 1.54) is 0 Å². The molecule has 2 amide bonds. The third kappa shape index (κ3) is 5.88. The van der Waals surface area contributed by atoms with E-state index in [9.17, 15) is 9.59 Å². The average molecular weight is 484 g/mol. The topological polar surface area (TPSA) is 98.7 Å². The molecule has 0 fully saturated rings. The summed E-state index contributed by atoms with van der Waals surface area (Å²) in [7, 11) is 0. The lowest BCUT2D eigenvalue weighted by Gasteiger charge is -2.05. The number of hydrogen-bond donors (Lipinski definition) is 3. The summed E-state index contributed by atoms with van der Waals surface area (Å²) in [5.41, 5.74) is 10.5. The van der Waals surface area contributed by atoms with Gasteiger partial charge < -0.3 is 4.98 Å². The number of amides is 2. The summed E-state index contributed by atoms with van der Waals surface area (Å²) >= 11 is 11.9. The molecule has 0 saturated carbocycles. The predicted octanol–water partition coefficient (Wildman–Crippen LogP) is 5.25. The molecule has 0 aliphatic heterocycles. The van der Waals surface area contributed by atoms with E-state index in [1.807, 2.05) is 13.8 Å². The first-order chi connectivity index (χ1) is 15.7. The third-order valence-corrected chi connectivity index (χ3v) is 5.46. The van der Waals surface area contributed by atoms with E-state index in [0.29, 0.717) is 32.6 Å². The highest BCUT2D eigenvalue weighted by molar-refractivity contribution is 6.31. The molecule has 0 bridgehead atoms. The van der Waals surface area contributed by atoms with E-state index < -0.39 is 0 Å². The summed E-state index contributed by atoms with van der Waals surface area (Å²) in [5, 5.41) is 9.41. The monoisotopic (exact) mass is 483 g/mol. The highest BCUT2D eigenvalue weighted by Gasteiger charge is 2.17. The van der Waals surface area contributed by atoms with Crippen molar-refractivity contribution in [3.05, 3.63) is 92.2 Å². The Bertz CT molecular complexity index is 1280. The van der Waals surface area contributed by atoms with E-state index in [-0.39, 0.29) is 11.8 Å². The molecule has 170 valence electrons. The molecule has 7 nitrogen and oxygen atoms in total. The number of halogens is 2. The van der Waals surface area contributed by atoms with Crippen LogP contribution in [0, 0.1) is 13.8 Å². The van der Waals surface area contributed by atoms with Crippen molar-refractivity contribution < 1.29 is 9.59 Å². The molecule has 0 spiro atoms. The fourth-order valence-electron chi connectivity index (χ4n) is 3.42. The number of carbonyl (C=O) groups is 2. The predicted molar refractivity (Wildman–Crippen MR) is 133 cm³/mol. The van der Waals surface area contributed by atoms with Crippen LogP contribution in [-0.2, 0) is 0 Å². The van der Waals surface area contributed by atoms with Gasteiger partial charge in [-0.15, -0.1) is 0 Å². The summed E-state index contributed by atoms with van der Waals surface area (Å²) < 4.78 is 0. The van der Waals surface area contributed by atoms with Crippen LogP contribution in [0.5, 0.6) is 0 Å². The molecule has 3 rings (SSSR count). The summed E-state index contributed by atoms with van der Waals surface area (Å²) in [6.45, 7) is 7.41. The molecule has 0 aliphatic carbocycles. The summed E-state index contributed by atoms with van der Waals surface area (Å²) in [6.07, 6.45) is 0. The van der Waals surface area contributed by atoms with Crippen molar-refractivity contribution in [2.24, 2.45) is 10.2 Å². The van der Waals surface area contributed by atoms with Gasteiger partial charge in [0.25, 0.3) is 11.8 Å². The van der Waals surface area contributed by atoms with Crippen LogP contribution in [0.15, 0.2) is 58.7 Å². The van der Waals surface area contributed by atoms with Gasteiger partial charge in [-0.25, -0.2) is 10.9 Å². The lowest BCUT2D eigenvalue weighted by Crippen LogP contribution is -2.20. The van der Waals surface area contributed by atoms with Gasteiger partial charge in [0.15, 0.2) is 0 Å². The quantitative estimate of drug-likeness (QED) is 0.329. The van der Waals surface area contributed by atoms with Crippen LogP contribution in [0.2, 0.25) is 10.0 Å². The number of rotatable bonds is 6. The van der Waals surface area contributed by atoms with Gasteiger partial charge in [0, 0.05) is 32.4 Å². The molecule has 1 heterocycles. The molecule has 0 aliphatic rings. The van der Waals surface area contributed by atoms with Crippen LogP contribution in [0.25, 0.3) is 0 Å². The highest BCUT2D eigenvalue weighted by Crippen LogP contribution is 2.20. The van der Waals surface area contributed by atoms with Crippen molar-refractivity contribution in [3.63, 3.8) is 0 Å². The standard InChI is InChI=1S/C24H23Cl2N5O2/c1-13-21(15(3)28-30-23(32)17-7-5-9-19(25)11-17)14(2)27-22(13)16(4)29-31-24(33)18-8-6-10-20(26)12-18/h5-12,27H,1-4H3,(H,30,32)(H,31,33)/b28-15?,29-16+. The number of aryl methyl sites for hydroxylation is 1. The molecular weight excluding hydrogens is 461 g/mol. The minimum Gasteiger partial charge on any atom is -0.357 e. The Morgan fingerprint density at radius 1 is 0.818 bits per heavy atom. The largest absolute Gasteiger partial charge is 0.357 e. The van der Waals surface area contributed by atoms with Crippen LogP contribution in [-0.4, -0.2) is 28.2 Å². The average Bonchev–Trinajstić information content (AvgIpc) is 3.09. The number of aromatic nitrogens is 1. The van der Waals surface area contributed by atoms with Crippen molar-refractivity contribution in [3.8, 4) is 0 Å². The van der Waals surface area contributed by atoms with Gasteiger partial charge >= 0.3 is 0 Å². The van der Waals surface area contributed by atoms with E-state index in [4.69, 9.17) is 23.2 Å². The second-order valence-corrected chi connectivity index (χ2v) is 8.29. The second kappa shape index (κ2) is 10.5.